The molecule has 134 valence electrons. The second-order valence-corrected chi connectivity index (χ2v) is 8.98. The van der Waals surface area contributed by atoms with Crippen LogP contribution in [-0.4, -0.2) is 23.5 Å². The third-order valence-electron chi connectivity index (χ3n) is 4.67. The highest BCUT2D eigenvalue weighted by atomic mass is 16.6. The Morgan fingerprint density at radius 2 is 1.57 bits per heavy atom. The zero-order valence-electron chi connectivity index (χ0n) is 16.0. The fourth-order valence-corrected chi connectivity index (χ4v) is 3.13. The quantitative estimate of drug-likeness (QED) is 0.775. The Hall–Kier alpha value is -1.06. The largest absolute Gasteiger partial charge is 0.460 e. The number of ether oxygens (including phenoxy) is 1. The molecule has 1 aliphatic rings. The van der Waals surface area contributed by atoms with Crippen LogP contribution in [0.4, 0.5) is 0 Å². The minimum atomic E-state index is -0.739. The molecule has 0 aromatic heterocycles. The Morgan fingerprint density at radius 1 is 1.04 bits per heavy atom. The first-order valence-corrected chi connectivity index (χ1v) is 8.93. The van der Waals surface area contributed by atoms with Crippen LogP contribution in [-0.2, 0) is 14.3 Å². The molecular weight excluding hydrogens is 290 g/mol. The van der Waals surface area contributed by atoms with Gasteiger partial charge in [0, 0.05) is 6.04 Å². The van der Waals surface area contributed by atoms with Crippen molar-refractivity contribution in [1.29, 1.82) is 0 Å². The predicted octanol–water partition coefficient (Wildman–Crippen LogP) is 4.08. The topological polar surface area (TPSA) is 55.4 Å². The molecule has 1 fully saturated rings. The molecule has 4 nitrogen and oxygen atoms in total. The van der Waals surface area contributed by atoms with E-state index in [9.17, 15) is 9.59 Å². The number of carbonyl (C=O) groups is 2. The van der Waals surface area contributed by atoms with Crippen LogP contribution in [0.1, 0.15) is 80.6 Å². The van der Waals surface area contributed by atoms with Crippen LogP contribution < -0.4 is 5.32 Å². The van der Waals surface area contributed by atoms with Crippen molar-refractivity contribution in [2.24, 2.45) is 17.3 Å². The van der Waals surface area contributed by atoms with E-state index in [4.69, 9.17) is 4.74 Å². The summed E-state index contributed by atoms with van der Waals surface area (Å²) in [5, 5.41) is 3.14. The highest BCUT2D eigenvalue weighted by Crippen LogP contribution is 2.31. The summed E-state index contributed by atoms with van der Waals surface area (Å²) in [6.07, 6.45) is 4.54. The average Bonchev–Trinajstić information content (AvgIpc) is 2.36. The lowest BCUT2D eigenvalue weighted by Crippen LogP contribution is -2.45. The summed E-state index contributed by atoms with van der Waals surface area (Å²) in [6.45, 7) is 13.7. The number of rotatable bonds is 5. The SMILES string of the molecule is CC(C)C1CCC(NC(=O)C(C)(C)CC(=O)OC(C)(C)C)CC1. The molecule has 1 amide bonds. The summed E-state index contributed by atoms with van der Waals surface area (Å²) in [4.78, 5) is 24.5. The van der Waals surface area contributed by atoms with Crippen molar-refractivity contribution in [3.63, 3.8) is 0 Å². The second kappa shape index (κ2) is 7.67. The molecule has 1 aliphatic carbocycles. The lowest BCUT2D eigenvalue weighted by molar-refractivity contribution is -0.159. The molecule has 4 heteroatoms. The van der Waals surface area contributed by atoms with Crippen molar-refractivity contribution >= 4 is 11.9 Å². The number of amides is 1. The Bertz CT molecular complexity index is 413. The average molecular weight is 325 g/mol. The van der Waals surface area contributed by atoms with E-state index in [1.165, 1.54) is 12.8 Å². The predicted molar refractivity (Wildman–Crippen MR) is 93.0 cm³/mol. The van der Waals surface area contributed by atoms with Crippen molar-refractivity contribution in [1.82, 2.24) is 5.32 Å². The van der Waals surface area contributed by atoms with Crippen LogP contribution in [0.5, 0.6) is 0 Å². The maximum Gasteiger partial charge on any atom is 0.307 e. The second-order valence-electron chi connectivity index (χ2n) is 8.98. The highest BCUT2D eigenvalue weighted by molar-refractivity contribution is 5.86. The summed E-state index contributed by atoms with van der Waals surface area (Å²) in [5.41, 5.74) is -1.25. The fourth-order valence-electron chi connectivity index (χ4n) is 3.13. The van der Waals surface area contributed by atoms with Gasteiger partial charge in [0.15, 0.2) is 0 Å². The summed E-state index contributed by atoms with van der Waals surface area (Å²) < 4.78 is 5.34. The highest BCUT2D eigenvalue weighted by Gasteiger charge is 2.34. The molecule has 1 saturated carbocycles. The number of hydrogen-bond acceptors (Lipinski definition) is 3. The van der Waals surface area contributed by atoms with Crippen molar-refractivity contribution in [2.75, 3.05) is 0 Å². The molecule has 0 saturated heterocycles. The van der Waals surface area contributed by atoms with Gasteiger partial charge in [0.25, 0.3) is 0 Å². The minimum absolute atomic E-state index is 0.0450. The zero-order valence-corrected chi connectivity index (χ0v) is 16.0. The van der Waals surface area contributed by atoms with Gasteiger partial charge >= 0.3 is 5.97 Å². The Balaban J connectivity index is 2.48. The third-order valence-corrected chi connectivity index (χ3v) is 4.67. The summed E-state index contributed by atoms with van der Waals surface area (Å²) in [7, 11) is 0. The van der Waals surface area contributed by atoms with Crippen molar-refractivity contribution in [3.05, 3.63) is 0 Å². The van der Waals surface area contributed by atoms with E-state index in [1.807, 2.05) is 34.6 Å². The van der Waals surface area contributed by atoms with Gasteiger partial charge in [-0.3, -0.25) is 9.59 Å². The smallest absolute Gasteiger partial charge is 0.307 e. The molecule has 23 heavy (non-hydrogen) atoms. The fraction of sp³-hybridized carbons (Fsp3) is 0.895. The maximum atomic E-state index is 12.5. The van der Waals surface area contributed by atoms with Gasteiger partial charge in [-0.1, -0.05) is 27.7 Å². The van der Waals surface area contributed by atoms with E-state index < -0.39 is 11.0 Å². The Labute approximate surface area is 141 Å². The summed E-state index contributed by atoms with van der Waals surface area (Å²) >= 11 is 0. The molecular formula is C19H35NO3. The summed E-state index contributed by atoms with van der Waals surface area (Å²) in [5.74, 6) is 1.13. The van der Waals surface area contributed by atoms with Gasteiger partial charge in [0.1, 0.15) is 5.60 Å². The molecule has 0 spiro atoms. The first kappa shape index (κ1) is 20.0. The van der Waals surface area contributed by atoms with Crippen LogP contribution in [0.3, 0.4) is 0 Å². The number of nitrogens with one attached hydrogen (secondary N) is 1. The number of hydrogen-bond donors (Lipinski definition) is 1. The lowest BCUT2D eigenvalue weighted by Gasteiger charge is -2.33. The standard InChI is InChI=1S/C19H35NO3/c1-13(2)14-8-10-15(11-9-14)20-17(22)19(6,7)12-16(21)23-18(3,4)5/h13-15H,8-12H2,1-7H3,(H,20,22). The van der Waals surface area contributed by atoms with Crippen LogP contribution in [0, 0.1) is 17.3 Å². The van der Waals surface area contributed by atoms with E-state index >= 15 is 0 Å². The monoisotopic (exact) mass is 325 g/mol. The first-order valence-electron chi connectivity index (χ1n) is 8.93. The van der Waals surface area contributed by atoms with Crippen molar-refractivity contribution in [2.45, 2.75) is 92.2 Å². The van der Waals surface area contributed by atoms with Gasteiger partial charge in [0.2, 0.25) is 5.91 Å². The van der Waals surface area contributed by atoms with E-state index in [-0.39, 0.29) is 24.3 Å². The molecule has 0 heterocycles. The van der Waals surface area contributed by atoms with E-state index in [2.05, 4.69) is 19.2 Å². The van der Waals surface area contributed by atoms with Gasteiger partial charge in [0.05, 0.1) is 11.8 Å². The molecule has 0 atom stereocenters. The van der Waals surface area contributed by atoms with Crippen LogP contribution in [0.25, 0.3) is 0 Å². The van der Waals surface area contributed by atoms with Crippen LogP contribution in [0.15, 0.2) is 0 Å². The molecule has 0 unspecified atom stereocenters. The van der Waals surface area contributed by atoms with E-state index in [0.29, 0.717) is 0 Å². The van der Waals surface area contributed by atoms with Gasteiger partial charge in [-0.2, -0.15) is 0 Å². The minimum Gasteiger partial charge on any atom is -0.460 e. The van der Waals surface area contributed by atoms with Crippen molar-refractivity contribution in [3.8, 4) is 0 Å². The number of carbonyl (C=O) groups excluding carboxylic acids is 2. The van der Waals surface area contributed by atoms with E-state index in [1.54, 1.807) is 0 Å². The first-order chi connectivity index (χ1) is 10.4. The molecule has 0 aromatic rings. The molecule has 0 aromatic carbocycles. The normalized spacial score (nSPS) is 22.8. The molecule has 0 aliphatic heterocycles. The van der Waals surface area contributed by atoms with E-state index in [0.717, 1.165) is 24.7 Å². The Morgan fingerprint density at radius 3 is 2.00 bits per heavy atom. The third kappa shape index (κ3) is 6.92. The van der Waals surface area contributed by atoms with Gasteiger partial charge in [-0.25, -0.2) is 0 Å². The van der Waals surface area contributed by atoms with Gasteiger partial charge in [-0.15, -0.1) is 0 Å². The van der Waals surface area contributed by atoms with Crippen LogP contribution >= 0.6 is 0 Å². The van der Waals surface area contributed by atoms with Crippen molar-refractivity contribution < 1.29 is 14.3 Å². The van der Waals surface area contributed by atoms with Gasteiger partial charge in [-0.05, 0) is 58.3 Å². The lowest BCUT2D eigenvalue weighted by atomic mass is 9.79. The zero-order chi connectivity index (χ0) is 17.8. The van der Waals surface area contributed by atoms with Crippen LogP contribution in [0.2, 0.25) is 0 Å². The molecule has 0 bridgehead atoms. The molecule has 0 radical (unpaired) electrons. The summed E-state index contributed by atoms with van der Waals surface area (Å²) in [6, 6.07) is 0.246. The molecule has 1 rings (SSSR count). The molecule has 1 N–H and O–H groups in total. The maximum absolute atomic E-state index is 12.5. The Kier molecular flexibility index (Phi) is 6.67. The number of esters is 1. The van der Waals surface area contributed by atoms with Gasteiger partial charge < -0.3 is 10.1 Å².